The zero-order valence-corrected chi connectivity index (χ0v) is 13.5. The van der Waals surface area contributed by atoms with Gasteiger partial charge in [-0.2, -0.15) is 0 Å². The van der Waals surface area contributed by atoms with E-state index in [0.29, 0.717) is 6.54 Å². The molecule has 1 fully saturated rings. The van der Waals surface area contributed by atoms with Crippen molar-refractivity contribution in [1.29, 1.82) is 0 Å². The van der Waals surface area contributed by atoms with Crippen LogP contribution >= 0.6 is 0 Å². The van der Waals surface area contributed by atoms with Gasteiger partial charge in [0, 0.05) is 36.3 Å². The molecule has 3 rings (SSSR count). The molecule has 0 radical (unpaired) electrons. The Morgan fingerprint density at radius 1 is 1.30 bits per heavy atom. The fourth-order valence-corrected chi connectivity index (χ4v) is 3.56. The van der Waals surface area contributed by atoms with E-state index in [1.54, 1.807) is 4.90 Å². The van der Waals surface area contributed by atoms with Crippen LogP contribution in [0.5, 0.6) is 0 Å². The number of likely N-dealkylation sites (tertiary alicyclic amines) is 1. The van der Waals surface area contributed by atoms with E-state index >= 15 is 0 Å². The summed E-state index contributed by atoms with van der Waals surface area (Å²) in [6.07, 6.45) is 3.25. The zero-order valence-electron chi connectivity index (χ0n) is 13.5. The number of benzene rings is 1. The summed E-state index contributed by atoms with van der Waals surface area (Å²) in [7, 11) is 1.95. The number of aryl methyl sites for hydroxylation is 1. The van der Waals surface area contributed by atoms with Crippen LogP contribution in [0.1, 0.15) is 31.4 Å². The number of unbranched alkanes of at least 4 members (excludes halogenated alkanes) is 1. The minimum atomic E-state index is -1.24. The van der Waals surface area contributed by atoms with Crippen molar-refractivity contribution in [3.8, 4) is 0 Å². The lowest BCUT2D eigenvalue weighted by atomic mass is 9.93. The molecule has 1 N–H and O–H groups in total. The number of para-hydroxylation sites is 1. The Hall–Kier alpha value is -2.14. The fourth-order valence-electron chi connectivity index (χ4n) is 3.56. The van der Waals surface area contributed by atoms with Crippen LogP contribution in [-0.2, 0) is 16.6 Å². The molecule has 2 aromatic rings. The van der Waals surface area contributed by atoms with Gasteiger partial charge in [-0.15, -0.1) is 0 Å². The quantitative estimate of drug-likeness (QED) is 0.859. The molecule has 0 spiro atoms. The second kappa shape index (κ2) is 6.16. The lowest BCUT2D eigenvalue weighted by Crippen LogP contribution is -2.31. The van der Waals surface area contributed by atoms with Crippen molar-refractivity contribution in [2.45, 2.75) is 31.9 Å². The minimum absolute atomic E-state index is 0.339. The van der Waals surface area contributed by atoms with Gasteiger partial charge in [-0.3, -0.25) is 4.79 Å². The van der Waals surface area contributed by atoms with E-state index in [9.17, 15) is 14.7 Å². The maximum Gasteiger partial charge on any atom is 0.252 e. The van der Waals surface area contributed by atoms with Gasteiger partial charge < -0.3 is 19.4 Å². The molecule has 5 nitrogen and oxygen atoms in total. The maximum atomic E-state index is 12.4. The number of aliphatic hydroxyl groups is 1. The largest absolute Gasteiger partial charge is 0.382 e. The van der Waals surface area contributed by atoms with Gasteiger partial charge in [0.15, 0.2) is 0 Å². The Morgan fingerprint density at radius 2 is 2.04 bits per heavy atom. The summed E-state index contributed by atoms with van der Waals surface area (Å²) in [5.41, 5.74) is 1.98. The van der Waals surface area contributed by atoms with Gasteiger partial charge in [0.1, 0.15) is 12.4 Å². The van der Waals surface area contributed by atoms with Gasteiger partial charge in [0.25, 0.3) is 5.91 Å². The van der Waals surface area contributed by atoms with Crippen molar-refractivity contribution in [3.63, 3.8) is 0 Å². The third-order valence-electron chi connectivity index (χ3n) is 4.76. The third-order valence-corrected chi connectivity index (χ3v) is 4.76. The molecule has 1 amide bonds. The Labute approximate surface area is 135 Å². The second-order valence-electron chi connectivity index (χ2n) is 6.20. The fraction of sp³-hybridized carbons (Fsp3) is 0.444. The van der Waals surface area contributed by atoms with Crippen molar-refractivity contribution >= 4 is 23.1 Å². The van der Waals surface area contributed by atoms with E-state index < -0.39 is 18.1 Å². The SMILES string of the molecule is CCCCN1C(=O)C(O)C(C=O)C1c1cn(C)c2ccccc12. The van der Waals surface area contributed by atoms with Gasteiger partial charge in [-0.1, -0.05) is 31.5 Å². The Morgan fingerprint density at radius 3 is 2.74 bits per heavy atom. The Balaban J connectivity index is 2.12. The van der Waals surface area contributed by atoms with Crippen molar-refractivity contribution in [2.75, 3.05) is 6.54 Å². The van der Waals surface area contributed by atoms with E-state index in [1.807, 2.05) is 42.1 Å². The number of nitrogens with zero attached hydrogens (tertiary/aromatic N) is 2. The summed E-state index contributed by atoms with van der Waals surface area (Å²) in [6, 6.07) is 7.53. The molecule has 122 valence electrons. The highest BCUT2D eigenvalue weighted by Gasteiger charge is 2.48. The van der Waals surface area contributed by atoms with Crippen LogP contribution in [0.15, 0.2) is 30.5 Å². The van der Waals surface area contributed by atoms with E-state index in [-0.39, 0.29) is 5.91 Å². The summed E-state index contributed by atoms with van der Waals surface area (Å²) in [5.74, 6) is -1.06. The van der Waals surface area contributed by atoms with Crippen LogP contribution in [-0.4, -0.2) is 39.4 Å². The molecule has 3 unspecified atom stereocenters. The molecule has 5 heteroatoms. The molecule has 1 aromatic carbocycles. The molecular formula is C18H22N2O3. The van der Waals surface area contributed by atoms with E-state index in [0.717, 1.165) is 35.6 Å². The second-order valence-corrected chi connectivity index (χ2v) is 6.20. The number of aldehydes is 1. The minimum Gasteiger partial charge on any atom is -0.382 e. The van der Waals surface area contributed by atoms with Gasteiger partial charge in [0.2, 0.25) is 0 Å². The first-order valence-corrected chi connectivity index (χ1v) is 8.08. The average molecular weight is 314 g/mol. The Bertz CT molecular complexity index is 737. The summed E-state index contributed by atoms with van der Waals surface area (Å²) in [5, 5.41) is 11.2. The molecule has 3 atom stereocenters. The lowest BCUT2D eigenvalue weighted by Gasteiger charge is -2.26. The van der Waals surface area contributed by atoms with Crippen molar-refractivity contribution in [3.05, 3.63) is 36.0 Å². The number of rotatable bonds is 5. The van der Waals surface area contributed by atoms with Crippen LogP contribution in [0.2, 0.25) is 0 Å². The standard InChI is InChI=1S/C18H22N2O3/c1-3-4-9-20-16(14(11-21)17(22)18(20)23)13-10-19(2)15-8-6-5-7-12(13)15/h5-8,10-11,14,16-17,22H,3-4,9H2,1-2H3. The third kappa shape index (κ3) is 2.45. The predicted molar refractivity (Wildman–Crippen MR) is 87.8 cm³/mol. The normalized spacial score (nSPS) is 24.6. The van der Waals surface area contributed by atoms with Gasteiger partial charge in [-0.25, -0.2) is 0 Å². The first-order chi connectivity index (χ1) is 11.1. The molecule has 1 aliphatic heterocycles. The zero-order chi connectivity index (χ0) is 16.6. The van der Waals surface area contributed by atoms with E-state index in [2.05, 4.69) is 6.92 Å². The number of amides is 1. The van der Waals surface area contributed by atoms with Crippen molar-refractivity contribution in [1.82, 2.24) is 9.47 Å². The predicted octanol–water partition coefficient (Wildman–Crippen LogP) is 2.04. The highest BCUT2D eigenvalue weighted by Crippen LogP contribution is 2.40. The molecular weight excluding hydrogens is 292 g/mol. The van der Waals surface area contributed by atoms with Gasteiger partial charge in [-0.05, 0) is 12.5 Å². The van der Waals surface area contributed by atoms with Crippen molar-refractivity contribution < 1.29 is 14.7 Å². The molecule has 1 saturated heterocycles. The number of carbonyl (C=O) groups excluding carboxylic acids is 2. The van der Waals surface area contributed by atoms with E-state index in [1.165, 1.54) is 0 Å². The Kier molecular flexibility index (Phi) is 4.22. The van der Waals surface area contributed by atoms with Gasteiger partial charge >= 0.3 is 0 Å². The molecule has 1 aliphatic rings. The first-order valence-electron chi connectivity index (χ1n) is 8.08. The number of aliphatic hydroxyl groups excluding tert-OH is 1. The molecule has 0 saturated carbocycles. The monoisotopic (exact) mass is 314 g/mol. The number of fused-ring (bicyclic) bond motifs is 1. The topological polar surface area (TPSA) is 62.5 Å². The van der Waals surface area contributed by atoms with Crippen LogP contribution in [0, 0.1) is 5.92 Å². The maximum absolute atomic E-state index is 12.4. The highest BCUT2D eigenvalue weighted by molar-refractivity contribution is 5.91. The van der Waals surface area contributed by atoms with Crippen LogP contribution < -0.4 is 0 Å². The summed E-state index contributed by atoms with van der Waals surface area (Å²) < 4.78 is 2.00. The molecule has 0 bridgehead atoms. The van der Waals surface area contributed by atoms with Crippen LogP contribution in [0.3, 0.4) is 0 Å². The van der Waals surface area contributed by atoms with Crippen molar-refractivity contribution in [2.24, 2.45) is 13.0 Å². The number of hydrogen-bond acceptors (Lipinski definition) is 3. The highest BCUT2D eigenvalue weighted by atomic mass is 16.3. The molecule has 23 heavy (non-hydrogen) atoms. The first kappa shape index (κ1) is 15.7. The van der Waals surface area contributed by atoms with Gasteiger partial charge in [0.05, 0.1) is 12.0 Å². The number of carbonyl (C=O) groups is 2. The smallest absolute Gasteiger partial charge is 0.252 e. The van der Waals surface area contributed by atoms with Crippen LogP contribution in [0.25, 0.3) is 10.9 Å². The molecule has 0 aliphatic carbocycles. The summed E-state index contributed by atoms with van der Waals surface area (Å²) in [6.45, 7) is 2.62. The number of aromatic nitrogens is 1. The van der Waals surface area contributed by atoms with Crippen LogP contribution in [0.4, 0.5) is 0 Å². The number of hydrogen-bond donors (Lipinski definition) is 1. The average Bonchev–Trinajstić information content (AvgIpc) is 3.01. The summed E-state index contributed by atoms with van der Waals surface area (Å²) in [4.78, 5) is 25.7. The lowest BCUT2D eigenvalue weighted by molar-refractivity contribution is -0.136. The molecule has 2 heterocycles. The van der Waals surface area contributed by atoms with E-state index in [4.69, 9.17) is 0 Å². The summed E-state index contributed by atoms with van der Waals surface area (Å²) >= 11 is 0. The molecule has 1 aromatic heterocycles.